The van der Waals surface area contributed by atoms with Gasteiger partial charge >= 0.3 is 0 Å². The Bertz CT molecular complexity index is 398. The predicted molar refractivity (Wildman–Crippen MR) is 71.8 cm³/mol. The molecule has 0 amide bonds. The van der Waals surface area contributed by atoms with Gasteiger partial charge in [0.05, 0.1) is 0 Å². The topological polar surface area (TPSA) is 21.3 Å². The van der Waals surface area contributed by atoms with Crippen molar-refractivity contribution >= 4 is 0 Å². The Kier molecular flexibility index (Phi) is 3.43. The van der Waals surface area contributed by atoms with E-state index in [0.717, 1.165) is 18.7 Å². The van der Waals surface area contributed by atoms with Gasteiger partial charge in [-0.2, -0.15) is 0 Å². The highest BCUT2D eigenvalue weighted by atomic mass is 16.5. The monoisotopic (exact) mass is 233 g/mol. The maximum atomic E-state index is 6.06. The quantitative estimate of drug-likeness (QED) is 0.865. The van der Waals surface area contributed by atoms with Gasteiger partial charge in [0.25, 0.3) is 0 Å². The van der Waals surface area contributed by atoms with Crippen LogP contribution < -0.4 is 10.1 Å². The van der Waals surface area contributed by atoms with Crippen LogP contribution in [0.25, 0.3) is 0 Å². The largest absolute Gasteiger partial charge is 0.488 e. The minimum atomic E-state index is -0.0410. The third kappa shape index (κ3) is 2.81. The number of benzene rings is 1. The van der Waals surface area contributed by atoms with Gasteiger partial charge in [0, 0.05) is 0 Å². The molecule has 1 aromatic carbocycles. The minimum Gasteiger partial charge on any atom is -0.488 e. The second-order valence-electron chi connectivity index (χ2n) is 5.70. The van der Waals surface area contributed by atoms with Gasteiger partial charge in [-0.15, -0.1) is 0 Å². The first-order valence-corrected chi connectivity index (χ1v) is 6.46. The smallest absolute Gasteiger partial charge is 0.123 e. The SMILES string of the molecule is CNCC[C@H]1CC(C)(C)Oc2ccc(C)cc21. The van der Waals surface area contributed by atoms with Crippen molar-refractivity contribution in [1.82, 2.24) is 5.32 Å². The van der Waals surface area contributed by atoms with Gasteiger partial charge in [-0.1, -0.05) is 17.7 Å². The van der Waals surface area contributed by atoms with E-state index in [4.69, 9.17) is 4.74 Å². The van der Waals surface area contributed by atoms with E-state index in [1.54, 1.807) is 0 Å². The molecule has 0 bridgehead atoms. The maximum Gasteiger partial charge on any atom is 0.123 e. The molecule has 2 nitrogen and oxygen atoms in total. The normalized spacial score (nSPS) is 21.8. The van der Waals surface area contributed by atoms with Crippen LogP contribution >= 0.6 is 0 Å². The van der Waals surface area contributed by atoms with Crippen LogP contribution in [0.15, 0.2) is 18.2 Å². The Balaban J connectivity index is 2.30. The highest BCUT2D eigenvalue weighted by Crippen LogP contribution is 2.42. The Labute approximate surface area is 104 Å². The van der Waals surface area contributed by atoms with E-state index >= 15 is 0 Å². The molecular weight excluding hydrogens is 210 g/mol. The van der Waals surface area contributed by atoms with Crippen molar-refractivity contribution in [2.75, 3.05) is 13.6 Å². The summed E-state index contributed by atoms with van der Waals surface area (Å²) < 4.78 is 6.06. The summed E-state index contributed by atoms with van der Waals surface area (Å²) in [5.74, 6) is 1.69. The van der Waals surface area contributed by atoms with E-state index < -0.39 is 0 Å². The van der Waals surface area contributed by atoms with Crippen molar-refractivity contribution in [1.29, 1.82) is 0 Å². The summed E-state index contributed by atoms with van der Waals surface area (Å²) in [6, 6.07) is 6.54. The van der Waals surface area contributed by atoms with Crippen LogP contribution in [-0.4, -0.2) is 19.2 Å². The Morgan fingerprint density at radius 1 is 1.41 bits per heavy atom. The molecule has 17 heavy (non-hydrogen) atoms. The molecule has 94 valence electrons. The first-order valence-electron chi connectivity index (χ1n) is 6.46. The molecule has 2 heteroatoms. The van der Waals surface area contributed by atoms with Crippen LogP contribution in [-0.2, 0) is 0 Å². The second-order valence-corrected chi connectivity index (χ2v) is 5.70. The van der Waals surface area contributed by atoms with Gasteiger partial charge < -0.3 is 10.1 Å². The number of nitrogens with one attached hydrogen (secondary N) is 1. The molecule has 0 aliphatic carbocycles. The average molecular weight is 233 g/mol. The highest BCUT2D eigenvalue weighted by molar-refractivity contribution is 5.41. The van der Waals surface area contributed by atoms with Gasteiger partial charge in [-0.25, -0.2) is 0 Å². The summed E-state index contributed by atoms with van der Waals surface area (Å²) in [5.41, 5.74) is 2.67. The molecule has 1 N–H and O–H groups in total. The number of hydrogen-bond acceptors (Lipinski definition) is 2. The van der Waals surface area contributed by atoms with E-state index in [-0.39, 0.29) is 5.60 Å². The van der Waals surface area contributed by atoms with Crippen LogP contribution in [0.5, 0.6) is 5.75 Å². The first-order chi connectivity index (χ1) is 8.02. The molecule has 1 aromatic rings. The third-order valence-corrected chi connectivity index (χ3v) is 3.47. The van der Waals surface area contributed by atoms with Gasteiger partial charge in [0.15, 0.2) is 0 Å². The van der Waals surface area contributed by atoms with Crippen molar-refractivity contribution in [2.45, 2.75) is 45.1 Å². The van der Waals surface area contributed by atoms with E-state index in [2.05, 4.69) is 44.3 Å². The number of aryl methyl sites for hydroxylation is 1. The molecule has 0 spiro atoms. The lowest BCUT2D eigenvalue weighted by molar-refractivity contribution is 0.0705. The number of fused-ring (bicyclic) bond motifs is 1. The molecule has 0 radical (unpaired) electrons. The summed E-state index contributed by atoms with van der Waals surface area (Å²) in [5, 5.41) is 3.25. The first kappa shape index (κ1) is 12.4. The highest BCUT2D eigenvalue weighted by Gasteiger charge is 2.33. The molecule has 2 rings (SSSR count). The fourth-order valence-corrected chi connectivity index (χ4v) is 2.70. The van der Waals surface area contributed by atoms with Crippen LogP contribution in [0.4, 0.5) is 0 Å². The predicted octanol–water partition coefficient (Wildman–Crippen LogP) is 3.25. The fraction of sp³-hybridized carbons (Fsp3) is 0.600. The summed E-state index contributed by atoms with van der Waals surface area (Å²) >= 11 is 0. The lowest BCUT2D eigenvalue weighted by atomic mass is 9.82. The molecular formula is C15H23NO. The molecule has 0 unspecified atom stereocenters. The van der Waals surface area contributed by atoms with Crippen LogP contribution in [0.1, 0.15) is 43.7 Å². The summed E-state index contributed by atoms with van der Waals surface area (Å²) in [4.78, 5) is 0. The average Bonchev–Trinajstić information content (AvgIpc) is 2.26. The van der Waals surface area contributed by atoms with Gasteiger partial charge in [0.2, 0.25) is 0 Å². The third-order valence-electron chi connectivity index (χ3n) is 3.47. The van der Waals surface area contributed by atoms with E-state index in [0.29, 0.717) is 5.92 Å². The van der Waals surface area contributed by atoms with Crippen molar-refractivity contribution in [3.63, 3.8) is 0 Å². The van der Waals surface area contributed by atoms with Crippen molar-refractivity contribution in [3.8, 4) is 5.75 Å². The molecule has 1 aliphatic rings. The summed E-state index contributed by atoms with van der Waals surface area (Å²) in [7, 11) is 2.02. The zero-order valence-corrected chi connectivity index (χ0v) is 11.3. The van der Waals surface area contributed by atoms with Crippen LogP contribution in [0.2, 0.25) is 0 Å². The zero-order valence-electron chi connectivity index (χ0n) is 11.3. The van der Waals surface area contributed by atoms with Crippen LogP contribution in [0.3, 0.4) is 0 Å². The number of rotatable bonds is 3. The molecule has 1 aliphatic heterocycles. The molecule has 0 fully saturated rings. The standard InChI is InChI=1S/C15H23NO/c1-11-5-6-14-13(9-11)12(7-8-16-4)10-15(2,3)17-14/h5-6,9,12,16H,7-8,10H2,1-4H3/t12-/m0/s1. The molecule has 0 aromatic heterocycles. The summed E-state index contributed by atoms with van der Waals surface area (Å²) in [6.07, 6.45) is 2.28. The summed E-state index contributed by atoms with van der Waals surface area (Å²) in [6.45, 7) is 7.58. The van der Waals surface area contributed by atoms with Crippen molar-refractivity contribution < 1.29 is 4.74 Å². The lowest BCUT2D eigenvalue weighted by Gasteiger charge is -2.38. The van der Waals surface area contributed by atoms with Crippen molar-refractivity contribution in [2.24, 2.45) is 0 Å². The molecule has 0 saturated heterocycles. The Morgan fingerprint density at radius 2 is 2.18 bits per heavy atom. The second kappa shape index (κ2) is 4.69. The lowest BCUT2D eigenvalue weighted by Crippen LogP contribution is -2.35. The Morgan fingerprint density at radius 3 is 2.88 bits per heavy atom. The van der Waals surface area contributed by atoms with E-state index in [1.165, 1.54) is 17.5 Å². The molecule has 1 atom stereocenters. The van der Waals surface area contributed by atoms with Gasteiger partial charge in [-0.05, 0) is 64.8 Å². The number of hydrogen-bond donors (Lipinski definition) is 1. The molecule has 0 saturated carbocycles. The van der Waals surface area contributed by atoms with Gasteiger partial charge in [-0.3, -0.25) is 0 Å². The molecule has 1 heterocycles. The van der Waals surface area contributed by atoms with Gasteiger partial charge in [0.1, 0.15) is 11.4 Å². The maximum absolute atomic E-state index is 6.06. The van der Waals surface area contributed by atoms with E-state index in [9.17, 15) is 0 Å². The fourth-order valence-electron chi connectivity index (χ4n) is 2.70. The van der Waals surface area contributed by atoms with Crippen LogP contribution in [0, 0.1) is 6.92 Å². The number of ether oxygens (including phenoxy) is 1. The minimum absolute atomic E-state index is 0.0410. The Hall–Kier alpha value is -1.02. The van der Waals surface area contributed by atoms with Crippen molar-refractivity contribution in [3.05, 3.63) is 29.3 Å². The zero-order chi connectivity index (χ0) is 12.5. The van der Waals surface area contributed by atoms with E-state index in [1.807, 2.05) is 7.05 Å².